The number of carbonyl (C=O) groups excluding carboxylic acids is 1. The number of aromatic nitrogens is 3. The molecule has 4 N–H and O–H groups in total. The Bertz CT molecular complexity index is 1010. The molecule has 1 saturated heterocycles. The molecule has 3 aromatic rings. The summed E-state index contributed by atoms with van der Waals surface area (Å²) >= 11 is 0. The van der Waals surface area contributed by atoms with Crippen LogP contribution in [0, 0.1) is 5.82 Å². The van der Waals surface area contributed by atoms with Crippen LogP contribution in [0.4, 0.5) is 4.39 Å². The van der Waals surface area contributed by atoms with Gasteiger partial charge in [0.15, 0.2) is 0 Å². The van der Waals surface area contributed by atoms with Crippen LogP contribution in [0.3, 0.4) is 0 Å². The first-order chi connectivity index (χ1) is 12.7. The van der Waals surface area contributed by atoms with Gasteiger partial charge < -0.3 is 20.7 Å². The summed E-state index contributed by atoms with van der Waals surface area (Å²) in [7, 11) is 0. The number of fused-ring (bicyclic) bond motifs is 3. The maximum Gasteiger partial charge on any atom is 0.251 e. The molecule has 1 aliphatic rings. The summed E-state index contributed by atoms with van der Waals surface area (Å²) in [6.45, 7) is 6.08. The number of imidazole rings is 1. The molecule has 144 valence electrons. The predicted octanol–water partition coefficient (Wildman–Crippen LogP) is 2.00. The molecule has 7 nitrogen and oxygen atoms in total. The van der Waals surface area contributed by atoms with Crippen LogP contribution in [0.2, 0.25) is 0 Å². The van der Waals surface area contributed by atoms with Crippen molar-refractivity contribution in [2.75, 3.05) is 19.6 Å². The Kier molecular flexibility index (Phi) is 4.20. The number of nitrogens with zero attached hydrogens (tertiary/aromatic N) is 3. The van der Waals surface area contributed by atoms with Gasteiger partial charge in [0.25, 0.3) is 5.91 Å². The number of H-pyrrole nitrogens is 1. The fourth-order valence-electron chi connectivity index (χ4n) is 4.14. The van der Waals surface area contributed by atoms with Gasteiger partial charge >= 0.3 is 0 Å². The largest absolute Gasteiger partial charge is 0.389 e. The summed E-state index contributed by atoms with van der Waals surface area (Å²) in [5.41, 5.74) is 7.69. The molecule has 3 heterocycles. The number of hydrogen-bond acceptors (Lipinski definition) is 4. The Morgan fingerprint density at radius 3 is 2.74 bits per heavy atom. The van der Waals surface area contributed by atoms with Gasteiger partial charge in [-0.1, -0.05) is 0 Å². The Balaban J connectivity index is 1.67. The van der Waals surface area contributed by atoms with Crippen LogP contribution in [0.25, 0.3) is 16.7 Å². The van der Waals surface area contributed by atoms with Gasteiger partial charge in [0.05, 0.1) is 22.9 Å². The van der Waals surface area contributed by atoms with Gasteiger partial charge in [-0.15, -0.1) is 0 Å². The SMILES string of the molecule is CC(C)(O)CN1CCC(c2cnn3c2[nH]c2cc(F)cc(C(N)=O)c23)CC1. The number of hydrogen-bond donors (Lipinski definition) is 3. The van der Waals surface area contributed by atoms with Gasteiger partial charge in [-0.3, -0.25) is 4.79 Å². The van der Waals surface area contributed by atoms with Crippen molar-refractivity contribution >= 4 is 22.6 Å². The number of aromatic amines is 1. The number of rotatable bonds is 4. The quantitative estimate of drug-likeness (QED) is 0.651. The highest BCUT2D eigenvalue weighted by atomic mass is 19.1. The van der Waals surface area contributed by atoms with Crippen molar-refractivity contribution < 1.29 is 14.3 Å². The van der Waals surface area contributed by atoms with Crippen molar-refractivity contribution in [3.8, 4) is 0 Å². The molecule has 1 amide bonds. The van der Waals surface area contributed by atoms with Crippen molar-refractivity contribution in [1.29, 1.82) is 0 Å². The number of aliphatic hydroxyl groups is 1. The molecule has 27 heavy (non-hydrogen) atoms. The number of β-amino-alcohol motifs (C(OH)–C–C–N with tert-alkyl or cyclic N) is 1. The first-order valence-electron chi connectivity index (χ1n) is 9.16. The molecular formula is C19H24FN5O2. The van der Waals surface area contributed by atoms with Gasteiger partial charge in [-0.25, -0.2) is 8.91 Å². The third-order valence-electron chi connectivity index (χ3n) is 5.24. The van der Waals surface area contributed by atoms with Gasteiger partial charge in [0, 0.05) is 12.1 Å². The van der Waals surface area contributed by atoms with Gasteiger partial charge in [-0.2, -0.15) is 5.10 Å². The Morgan fingerprint density at radius 1 is 1.41 bits per heavy atom. The molecule has 0 radical (unpaired) electrons. The maximum absolute atomic E-state index is 13.8. The third-order valence-corrected chi connectivity index (χ3v) is 5.24. The van der Waals surface area contributed by atoms with Gasteiger partial charge in [-0.05, 0) is 57.8 Å². The average molecular weight is 373 g/mol. The average Bonchev–Trinajstić information content (AvgIpc) is 3.12. The number of nitrogens with two attached hydrogens (primary N) is 1. The van der Waals surface area contributed by atoms with E-state index >= 15 is 0 Å². The summed E-state index contributed by atoms with van der Waals surface area (Å²) in [5.74, 6) is -0.879. The van der Waals surface area contributed by atoms with Crippen molar-refractivity contribution in [3.63, 3.8) is 0 Å². The molecule has 4 rings (SSSR count). The minimum absolute atomic E-state index is 0.117. The first kappa shape index (κ1) is 17.9. The van der Waals surface area contributed by atoms with Gasteiger partial charge in [0.1, 0.15) is 17.0 Å². The molecule has 0 aliphatic carbocycles. The van der Waals surface area contributed by atoms with E-state index in [1.54, 1.807) is 4.52 Å². The van der Waals surface area contributed by atoms with E-state index < -0.39 is 17.3 Å². The van der Waals surface area contributed by atoms with E-state index in [-0.39, 0.29) is 5.56 Å². The van der Waals surface area contributed by atoms with Crippen molar-refractivity contribution in [3.05, 3.63) is 35.3 Å². The monoisotopic (exact) mass is 373 g/mol. The summed E-state index contributed by atoms with van der Waals surface area (Å²) < 4.78 is 15.5. The number of nitrogens with one attached hydrogen (secondary N) is 1. The molecule has 0 spiro atoms. The second-order valence-electron chi connectivity index (χ2n) is 8.06. The normalized spacial score (nSPS) is 17.2. The number of amides is 1. The second kappa shape index (κ2) is 6.31. The van der Waals surface area contributed by atoms with Crippen LogP contribution >= 0.6 is 0 Å². The lowest BCUT2D eigenvalue weighted by atomic mass is 9.90. The van der Waals surface area contributed by atoms with Crippen molar-refractivity contribution in [2.24, 2.45) is 5.73 Å². The summed E-state index contributed by atoms with van der Waals surface area (Å²) in [6.07, 6.45) is 3.71. The second-order valence-corrected chi connectivity index (χ2v) is 8.06. The molecule has 1 aliphatic heterocycles. The van der Waals surface area contributed by atoms with E-state index in [1.807, 2.05) is 20.0 Å². The molecule has 0 saturated carbocycles. The van der Waals surface area contributed by atoms with E-state index in [0.29, 0.717) is 23.5 Å². The lowest BCUT2D eigenvalue weighted by molar-refractivity contribution is 0.0282. The van der Waals surface area contributed by atoms with Crippen molar-refractivity contribution in [2.45, 2.75) is 38.2 Å². The Labute approximate surface area is 155 Å². The van der Waals surface area contributed by atoms with E-state index in [9.17, 15) is 14.3 Å². The molecule has 0 bridgehead atoms. The Morgan fingerprint density at radius 2 is 2.11 bits per heavy atom. The van der Waals surface area contributed by atoms with E-state index in [0.717, 1.165) is 43.2 Å². The number of benzene rings is 1. The highest BCUT2D eigenvalue weighted by Gasteiger charge is 2.27. The highest BCUT2D eigenvalue weighted by Crippen LogP contribution is 2.33. The van der Waals surface area contributed by atoms with Crippen LogP contribution in [0.5, 0.6) is 0 Å². The minimum atomic E-state index is -0.704. The Hall–Kier alpha value is -2.45. The van der Waals surface area contributed by atoms with E-state index in [1.165, 1.54) is 6.07 Å². The minimum Gasteiger partial charge on any atom is -0.389 e. The summed E-state index contributed by atoms with van der Waals surface area (Å²) in [6, 6.07) is 2.50. The third kappa shape index (κ3) is 3.30. The zero-order valence-corrected chi connectivity index (χ0v) is 15.5. The van der Waals surface area contributed by atoms with E-state index in [2.05, 4.69) is 15.0 Å². The molecule has 0 unspecified atom stereocenters. The zero-order chi connectivity index (χ0) is 19.3. The first-order valence-corrected chi connectivity index (χ1v) is 9.16. The predicted molar refractivity (Wildman–Crippen MR) is 100 cm³/mol. The van der Waals surface area contributed by atoms with Crippen LogP contribution in [0.1, 0.15) is 48.5 Å². The fourth-order valence-corrected chi connectivity index (χ4v) is 4.14. The summed E-state index contributed by atoms with van der Waals surface area (Å²) in [5, 5.41) is 14.4. The van der Waals surface area contributed by atoms with Crippen molar-refractivity contribution in [1.82, 2.24) is 19.5 Å². The maximum atomic E-state index is 13.8. The molecule has 0 atom stereocenters. The van der Waals surface area contributed by atoms with Crippen LogP contribution in [0.15, 0.2) is 18.3 Å². The molecular weight excluding hydrogens is 349 g/mol. The molecule has 8 heteroatoms. The topological polar surface area (TPSA) is 99.7 Å². The summed E-state index contributed by atoms with van der Waals surface area (Å²) in [4.78, 5) is 17.2. The van der Waals surface area contributed by atoms with E-state index in [4.69, 9.17) is 5.73 Å². The smallest absolute Gasteiger partial charge is 0.251 e. The number of likely N-dealkylation sites (tertiary alicyclic amines) is 1. The van der Waals surface area contributed by atoms with Crippen LogP contribution in [-0.4, -0.2) is 55.7 Å². The highest BCUT2D eigenvalue weighted by molar-refractivity contribution is 6.05. The molecule has 2 aromatic heterocycles. The fraction of sp³-hybridized carbons (Fsp3) is 0.474. The number of primary amides is 1. The van der Waals surface area contributed by atoms with Crippen LogP contribution < -0.4 is 5.73 Å². The molecule has 1 aromatic carbocycles. The number of carbonyl (C=O) groups is 1. The lowest BCUT2D eigenvalue weighted by Gasteiger charge is -2.35. The molecule has 1 fully saturated rings. The zero-order valence-electron chi connectivity index (χ0n) is 15.5. The van der Waals surface area contributed by atoms with Crippen LogP contribution in [-0.2, 0) is 0 Å². The number of halogens is 1. The number of piperidine rings is 1. The lowest BCUT2D eigenvalue weighted by Crippen LogP contribution is -2.42. The van der Waals surface area contributed by atoms with Gasteiger partial charge in [0.2, 0.25) is 0 Å². The standard InChI is InChI=1S/C19H24FN5O2/c1-19(2,27)10-24-5-3-11(4-6-24)14-9-22-25-16-13(17(21)26)7-12(20)8-15(16)23-18(14)25/h7-9,11,23,27H,3-6,10H2,1-2H3,(H2,21,26).